The van der Waals surface area contributed by atoms with Crippen molar-refractivity contribution < 1.29 is 4.79 Å². The summed E-state index contributed by atoms with van der Waals surface area (Å²) in [4.78, 5) is 23.3. The number of nitrogens with one attached hydrogen (secondary N) is 1. The molecule has 0 spiro atoms. The van der Waals surface area contributed by atoms with E-state index < -0.39 is 0 Å². The molecule has 2 aromatic rings. The Hall–Kier alpha value is -1.14. The molecule has 4 nitrogen and oxygen atoms in total. The fraction of sp³-hybridized carbons (Fsp3) is 0.611. The van der Waals surface area contributed by atoms with Gasteiger partial charge in [-0.3, -0.25) is 4.79 Å². The lowest BCUT2D eigenvalue weighted by Gasteiger charge is -2.33. The minimum absolute atomic E-state index is 0.0481. The van der Waals surface area contributed by atoms with E-state index in [-0.39, 0.29) is 16.9 Å². The van der Waals surface area contributed by atoms with Gasteiger partial charge in [0.2, 0.25) is 5.91 Å². The molecule has 0 fully saturated rings. The zero-order valence-electron chi connectivity index (χ0n) is 15.4. The van der Waals surface area contributed by atoms with Crippen molar-refractivity contribution in [3.05, 3.63) is 17.3 Å². The maximum absolute atomic E-state index is 12.3. The molecule has 0 aliphatic heterocycles. The third kappa shape index (κ3) is 5.45. The van der Waals surface area contributed by atoms with Gasteiger partial charge in [-0.2, -0.15) is 0 Å². The van der Waals surface area contributed by atoms with E-state index in [0.717, 1.165) is 28.1 Å². The minimum Gasteiger partial charge on any atom is -0.350 e. The van der Waals surface area contributed by atoms with Crippen molar-refractivity contribution in [2.24, 2.45) is 5.41 Å². The molecule has 0 aliphatic carbocycles. The van der Waals surface area contributed by atoms with Crippen molar-refractivity contribution in [2.75, 3.05) is 5.75 Å². The number of rotatable bonds is 6. The summed E-state index contributed by atoms with van der Waals surface area (Å²) in [5.41, 5.74) is -0.0371. The van der Waals surface area contributed by atoms with Gasteiger partial charge in [0.05, 0.1) is 5.75 Å². The number of carbonyl (C=O) groups is 1. The molecule has 0 saturated carbocycles. The highest BCUT2D eigenvalue weighted by Crippen LogP contribution is 2.31. The van der Waals surface area contributed by atoms with E-state index in [9.17, 15) is 4.79 Å². The van der Waals surface area contributed by atoms with Gasteiger partial charge in [-0.25, -0.2) is 9.97 Å². The first kappa shape index (κ1) is 19.2. The number of fused-ring (bicyclic) bond motifs is 1. The monoisotopic (exact) mass is 365 g/mol. The number of thiophene rings is 1. The topological polar surface area (TPSA) is 54.9 Å². The standard InChI is InChI=1S/C18H27N3OS2/c1-7-12-8-13-15(19-11-20-16(13)24-12)23-9-14(22)21-18(5,6)10-17(2,3)4/h8,11H,7,9-10H2,1-6H3,(H,21,22). The van der Waals surface area contributed by atoms with E-state index in [1.807, 2.05) is 0 Å². The number of aryl methyl sites for hydroxylation is 1. The summed E-state index contributed by atoms with van der Waals surface area (Å²) in [7, 11) is 0. The van der Waals surface area contributed by atoms with Crippen LogP contribution in [0.2, 0.25) is 0 Å². The smallest absolute Gasteiger partial charge is 0.230 e. The Kier molecular flexibility index (Phi) is 5.91. The van der Waals surface area contributed by atoms with Crippen LogP contribution >= 0.6 is 23.1 Å². The molecule has 1 amide bonds. The Morgan fingerprint density at radius 3 is 2.58 bits per heavy atom. The van der Waals surface area contributed by atoms with Crippen LogP contribution < -0.4 is 5.32 Å². The second-order valence-corrected chi connectivity index (χ2v) is 10.0. The molecule has 1 N–H and O–H groups in total. The van der Waals surface area contributed by atoms with Crippen molar-refractivity contribution >= 4 is 39.2 Å². The van der Waals surface area contributed by atoms with Crippen LogP contribution in [0.5, 0.6) is 0 Å². The van der Waals surface area contributed by atoms with Gasteiger partial charge in [-0.1, -0.05) is 39.5 Å². The van der Waals surface area contributed by atoms with Gasteiger partial charge in [0.1, 0.15) is 16.2 Å². The van der Waals surface area contributed by atoms with E-state index in [1.54, 1.807) is 17.7 Å². The van der Waals surface area contributed by atoms with Crippen LogP contribution in [0.1, 0.15) is 52.8 Å². The molecular weight excluding hydrogens is 338 g/mol. The van der Waals surface area contributed by atoms with E-state index in [4.69, 9.17) is 0 Å². The highest BCUT2D eigenvalue weighted by atomic mass is 32.2. The molecule has 0 atom stereocenters. The van der Waals surface area contributed by atoms with Crippen LogP contribution in [-0.2, 0) is 11.2 Å². The summed E-state index contributed by atoms with van der Waals surface area (Å²) in [6.45, 7) is 12.9. The Balaban J connectivity index is 2.00. The molecule has 0 unspecified atom stereocenters. The lowest BCUT2D eigenvalue weighted by Crippen LogP contribution is -2.46. The van der Waals surface area contributed by atoms with E-state index in [0.29, 0.717) is 5.75 Å². The van der Waals surface area contributed by atoms with Crippen LogP contribution in [0.25, 0.3) is 10.2 Å². The molecule has 0 aromatic carbocycles. The lowest BCUT2D eigenvalue weighted by molar-refractivity contribution is -0.120. The van der Waals surface area contributed by atoms with Gasteiger partial charge in [-0.15, -0.1) is 11.3 Å². The average Bonchev–Trinajstić information content (AvgIpc) is 2.85. The summed E-state index contributed by atoms with van der Waals surface area (Å²) in [5, 5.41) is 5.10. The fourth-order valence-electron chi connectivity index (χ4n) is 3.09. The minimum atomic E-state index is -0.214. The third-order valence-corrected chi connectivity index (χ3v) is 5.68. The summed E-state index contributed by atoms with van der Waals surface area (Å²) in [5.74, 6) is 0.420. The van der Waals surface area contributed by atoms with Crippen molar-refractivity contribution in [3.63, 3.8) is 0 Å². The van der Waals surface area contributed by atoms with Crippen LogP contribution in [0.15, 0.2) is 17.4 Å². The molecular formula is C18H27N3OS2. The molecule has 24 heavy (non-hydrogen) atoms. The van der Waals surface area contributed by atoms with Crippen molar-refractivity contribution in [1.82, 2.24) is 15.3 Å². The largest absolute Gasteiger partial charge is 0.350 e. The molecule has 2 aromatic heterocycles. The fourth-order valence-corrected chi connectivity index (χ4v) is 4.86. The van der Waals surface area contributed by atoms with Gasteiger partial charge in [0.15, 0.2) is 0 Å². The molecule has 0 bridgehead atoms. The number of aromatic nitrogens is 2. The Bertz CT molecular complexity index is 717. The normalized spacial score (nSPS) is 12.6. The third-order valence-electron chi connectivity index (χ3n) is 3.48. The molecule has 0 aliphatic rings. The quantitative estimate of drug-likeness (QED) is 0.597. The van der Waals surface area contributed by atoms with Crippen LogP contribution in [0.4, 0.5) is 0 Å². The molecule has 0 saturated heterocycles. The lowest BCUT2D eigenvalue weighted by atomic mass is 9.82. The Morgan fingerprint density at radius 2 is 1.96 bits per heavy atom. The highest BCUT2D eigenvalue weighted by molar-refractivity contribution is 8.00. The molecule has 2 heterocycles. The van der Waals surface area contributed by atoms with E-state index in [1.165, 1.54) is 16.6 Å². The number of thioether (sulfide) groups is 1. The molecule has 0 radical (unpaired) electrons. The number of carbonyl (C=O) groups excluding carboxylic acids is 1. The summed E-state index contributed by atoms with van der Waals surface area (Å²) in [6.07, 6.45) is 3.51. The number of amides is 1. The SMILES string of the molecule is CCc1cc2c(SCC(=O)NC(C)(C)CC(C)(C)C)ncnc2s1. The molecule has 6 heteroatoms. The predicted octanol–water partition coefficient (Wildman–Crippen LogP) is 4.68. The van der Waals surface area contributed by atoms with Gasteiger partial charge < -0.3 is 5.32 Å². The maximum atomic E-state index is 12.3. The van der Waals surface area contributed by atoms with Crippen LogP contribution in [0, 0.1) is 5.41 Å². The zero-order chi connectivity index (χ0) is 18.0. The average molecular weight is 366 g/mol. The first-order chi connectivity index (χ1) is 11.1. The molecule has 132 valence electrons. The second kappa shape index (κ2) is 7.40. The number of hydrogen-bond donors (Lipinski definition) is 1. The highest BCUT2D eigenvalue weighted by Gasteiger charge is 2.27. The first-order valence-corrected chi connectivity index (χ1v) is 10.1. The van der Waals surface area contributed by atoms with Crippen molar-refractivity contribution in [1.29, 1.82) is 0 Å². The molecule has 2 rings (SSSR count). The van der Waals surface area contributed by atoms with Gasteiger partial charge in [0, 0.05) is 15.8 Å². The second-order valence-electron chi connectivity index (χ2n) is 7.92. The van der Waals surface area contributed by atoms with Gasteiger partial charge in [0.25, 0.3) is 0 Å². The maximum Gasteiger partial charge on any atom is 0.230 e. The van der Waals surface area contributed by atoms with E-state index in [2.05, 4.69) is 62.9 Å². The summed E-state index contributed by atoms with van der Waals surface area (Å²) < 4.78 is 0. The predicted molar refractivity (Wildman–Crippen MR) is 104 cm³/mol. The van der Waals surface area contributed by atoms with Gasteiger partial charge in [-0.05, 0) is 38.2 Å². The Labute approximate surface area is 152 Å². The van der Waals surface area contributed by atoms with Crippen LogP contribution in [0.3, 0.4) is 0 Å². The number of hydrogen-bond acceptors (Lipinski definition) is 5. The van der Waals surface area contributed by atoms with Crippen LogP contribution in [-0.4, -0.2) is 27.2 Å². The van der Waals surface area contributed by atoms with Gasteiger partial charge >= 0.3 is 0 Å². The first-order valence-electron chi connectivity index (χ1n) is 8.27. The van der Waals surface area contributed by atoms with Crippen molar-refractivity contribution in [3.8, 4) is 0 Å². The van der Waals surface area contributed by atoms with E-state index >= 15 is 0 Å². The summed E-state index contributed by atoms with van der Waals surface area (Å²) in [6, 6.07) is 2.14. The summed E-state index contributed by atoms with van der Waals surface area (Å²) >= 11 is 3.18. The zero-order valence-corrected chi connectivity index (χ0v) is 17.0. The van der Waals surface area contributed by atoms with Crippen molar-refractivity contribution in [2.45, 2.75) is 64.9 Å². The Morgan fingerprint density at radius 1 is 1.25 bits per heavy atom. The number of nitrogens with zero attached hydrogens (tertiary/aromatic N) is 2.